The van der Waals surface area contributed by atoms with Crippen LogP contribution in [0.3, 0.4) is 0 Å². The Morgan fingerprint density at radius 2 is 1.83 bits per heavy atom. The molecule has 0 radical (unpaired) electrons. The van der Waals surface area contributed by atoms with E-state index in [2.05, 4.69) is 51.2 Å². The molecule has 0 N–H and O–H groups in total. The summed E-state index contributed by atoms with van der Waals surface area (Å²) in [6.45, 7) is 8.59. The zero-order valence-electron chi connectivity index (χ0n) is 8.67. The number of allylic oxidation sites excluding steroid dienone is 6. The predicted octanol–water partition coefficient (Wildman–Crippen LogP) is 4.11. The fourth-order valence-corrected chi connectivity index (χ4v) is 1.10. The highest BCUT2D eigenvalue weighted by molar-refractivity contribution is 5.23. The van der Waals surface area contributed by atoms with E-state index in [1.807, 2.05) is 6.92 Å². The minimum Gasteiger partial charge on any atom is -0.0877 e. The van der Waals surface area contributed by atoms with Gasteiger partial charge in [-0.15, -0.1) is 0 Å². The van der Waals surface area contributed by atoms with Gasteiger partial charge in [0.1, 0.15) is 0 Å². The average Bonchev–Trinajstić information content (AvgIpc) is 2.00. The van der Waals surface area contributed by atoms with Gasteiger partial charge in [0.25, 0.3) is 0 Å². The highest BCUT2D eigenvalue weighted by atomic mass is 14.0. The average molecular weight is 164 g/mol. The second kappa shape index (κ2) is 6.90. The third-order valence-electron chi connectivity index (χ3n) is 1.53. The van der Waals surface area contributed by atoms with E-state index in [0.717, 1.165) is 12.3 Å². The summed E-state index contributed by atoms with van der Waals surface area (Å²) in [5, 5.41) is 0. The van der Waals surface area contributed by atoms with Gasteiger partial charge in [0.2, 0.25) is 0 Å². The number of hydrogen-bond donors (Lipinski definition) is 0. The summed E-state index contributed by atoms with van der Waals surface area (Å²) in [4.78, 5) is 0. The second-order valence-corrected chi connectivity index (χ2v) is 3.37. The zero-order valence-corrected chi connectivity index (χ0v) is 8.67. The van der Waals surface area contributed by atoms with Crippen molar-refractivity contribution < 1.29 is 0 Å². The van der Waals surface area contributed by atoms with Crippen LogP contribution < -0.4 is 0 Å². The Morgan fingerprint density at radius 1 is 1.17 bits per heavy atom. The van der Waals surface area contributed by atoms with Gasteiger partial charge in [0, 0.05) is 0 Å². The molecule has 0 unspecified atom stereocenters. The molecule has 12 heavy (non-hydrogen) atoms. The van der Waals surface area contributed by atoms with Crippen LogP contribution >= 0.6 is 0 Å². The minimum atomic E-state index is 0.734. The van der Waals surface area contributed by atoms with Crippen LogP contribution in [-0.4, -0.2) is 0 Å². The third-order valence-corrected chi connectivity index (χ3v) is 1.53. The highest BCUT2D eigenvalue weighted by Crippen LogP contribution is 2.11. The van der Waals surface area contributed by atoms with Crippen molar-refractivity contribution in [2.75, 3.05) is 0 Å². The Hall–Kier alpha value is -0.780. The van der Waals surface area contributed by atoms with Gasteiger partial charge >= 0.3 is 0 Å². The van der Waals surface area contributed by atoms with Gasteiger partial charge in [-0.2, -0.15) is 0 Å². The van der Waals surface area contributed by atoms with E-state index in [9.17, 15) is 0 Å². The molecule has 0 aliphatic heterocycles. The molecule has 0 saturated carbocycles. The maximum Gasteiger partial charge on any atom is -0.0256 e. The lowest BCUT2D eigenvalue weighted by molar-refractivity contribution is 0.650. The first kappa shape index (κ1) is 11.2. The molecule has 0 aliphatic carbocycles. The largest absolute Gasteiger partial charge is 0.0877 e. The van der Waals surface area contributed by atoms with Crippen LogP contribution in [0, 0.1) is 5.92 Å². The molecule has 0 aliphatic rings. The van der Waals surface area contributed by atoms with Crippen molar-refractivity contribution in [2.45, 2.75) is 34.1 Å². The van der Waals surface area contributed by atoms with Crippen molar-refractivity contribution in [2.24, 2.45) is 5.92 Å². The molecule has 0 aromatic rings. The summed E-state index contributed by atoms with van der Waals surface area (Å²) in [7, 11) is 0. The van der Waals surface area contributed by atoms with E-state index in [0.29, 0.717) is 0 Å². The Labute approximate surface area is 76.7 Å². The van der Waals surface area contributed by atoms with Crippen molar-refractivity contribution in [3.05, 3.63) is 36.0 Å². The summed E-state index contributed by atoms with van der Waals surface area (Å²) < 4.78 is 0. The normalized spacial score (nSPS) is 13.9. The molecular formula is C12H20. The summed E-state index contributed by atoms with van der Waals surface area (Å²) in [6.07, 6.45) is 11.8. The van der Waals surface area contributed by atoms with Gasteiger partial charge in [0.15, 0.2) is 0 Å². The molecule has 0 heterocycles. The molecule has 0 fully saturated rings. The summed E-state index contributed by atoms with van der Waals surface area (Å²) in [5.41, 5.74) is 1.41. The molecule has 0 saturated heterocycles. The smallest absolute Gasteiger partial charge is 0.0256 e. The van der Waals surface area contributed by atoms with Gasteiger partial charge in [-0.25, -0.2) is 0 Å². The quantitative estimate of drug-likeness (QED) is 0.548. The number of hydrogen-bond acceptors (Lipinski definition) is 0. The highest BCUT2D eigenvalue weighted by Gasteiger charge is 1.95. The molecule has 0 aromatic heterocycles. The van der Waals surface area contributed by atoms with Crippen molar-refractivity contribution in [3.63, 3.8) is 0 Å². The third kappa shape index (κ3) is 5.96. The molecule has 0 heteroatoms. The molecular weight excluding hydrogens is 144 g/mol. The van der Waals surface area contributed by atoms with Gasteiger partial charge in [-0.3, -0.25) is 0 Å². The van der Waals surface area contributed by atoms with Crippen molar-refractivity contribution >= 4 is 0 Å². The van der Waals surface area contributed by atoms with Gasteiger partial charge in [-0.05, 0) is 31.8 Å². The lowest BCUT2D eigenvalue weighted by Crippen LogP contribution is -1.88. The van der Waals surface area contributed by atoms with Crippen LogP contribution in [0.4, 0.5) is 0 Å². The second-order valence-electron chi connectivity index (χ2n) is 3.37. The maximum absolute atomic E-state index is 2.24. The molecule has 68 valence electrons. The van der Waals surface area contributed by atoms with Crippen LogP contribution in [-0.2, 0) is 0 Å². The first-order valence-electron chi connectivity index (χ1n) is 4.65. The molecule has 0 atom stereocenters. The Kier molecular flexibility index (Phi) is 6.45. The van der Waals surface area contributed by atoms with Crippen LogP contribution in [0.1, 0.15) is 34.1 Å². The fourth-order valence-electron chi connectivity index (χ4n) is 1.10. The topological polar surface area (TPSA) is 0 Å². The predicted molar refractivity (Wildman–Crippen MR) is 57.2 cm³/mol. The van der Waals surface area contributed by atoms with Gasteiger partial charge in [0.05, 0.1) is 0 Å². The first-order chi connectivity index (χ1) is 5.70. The molecule has 0 spiro atoms. The standard InChI is InChI=1S/C12H20/c1-5-7-9-12(8-6-2)10-11(3)4/h5-9,11H,10H2,1-4H3/b7-5-,8-6-,12-9+. The van der Waals surface area contributed by atoms with Crippen LogP contribution in [0.5, 0.6) is 0 Å². The Bertz CT molecular complexity index is 180. The molecule has 0 bridgehead atoms. The minimum absolute atomic E-state index is 0.734. The summed E-state index contributed by atoms with van der Waals surface area (Å²) in [5.74, 6) is 0.734. The molecule has 0 aromatic carbocycles. The van der Waals surface area contributed by atoms with Crippen molar-refractivity contribution in [3.8, 4) is 0 Å². The van der Waals surface area contributed by atoms with Gasteiger partial charge in [-0.1, -0.05) is 44.2 Å². The Balaban J connectivity index is 4.22. The summed E-state index contributed by atoms with van der Waals surface area (Å²) in [6, 6.07) is 0. The first-order valence-corrected chi connectivity index (χ1v) is 4.65. The summed E-state index contributed by atoms with van der Waals surface area (Å²) >= 11 is 0. The molecule has 0 nitrogen and oxygen atoms in total. The zero-order chi connectivity index (χ0) is 9.40. The van der Waals surface area contributed by atoms with E-state index in [-0.39, 0.29) is 0 Å². The lowest BCUT2D eigenvalue weighted by Gasteiger charge is -2.04. The van der Waals surface area contributed by atoms with Gasteiger partial charge < -0.3 is 0 Å². The lowest BCUT2D eigenvalue weighted by atomic mass is 10.0. The number of rotatable bonds is 4. The Morgan fingerprint density at radius 3 is 2.25 bits per heavy atom. The van der Waals surface area contributed by atoms with E-state index in [1.54, 1.807) is 0 Å². The van der Waals surface area contributed by atoms with E-state index < -0.39 is 0 Å². The van der Waals surface area contributed by atoms with E-state index in [1.165, 1.54) is 5.57 Å². The fraction of sp³-hybridized carbons (Fsp3) is 0.500. The van der Waals surface area contributed by atoms with Crippen LogP contribution in [0.15, 0.2) is 36.0 Å². The van der Waals surface area contributed by atoms with E-state index in [4.69, 9.17) is 0 Å². The molecule has 0 rings (SSSR count). The maximum atomic E-state index is 2.24. The van der Waals surface area contributed by atoms with Crippen molar-refractivity contribution in [1.82, 2.24) is 0 Å². The van der Waals surface area contributed by atoms with Crippen molar-refractivity contribution in [1.29, 1.82) is 0 Å². The SMILES string of the molecule is C\C=C/C=C(\C=C/C)CC(C)C. The monoisotopic (exact) mass is 164 g/mol. The van der Waals surface area contributed by atoms with Crippen LogP contribution in [0.25, 0.3) is 0 Å². The molecule has 0 amide bonds. The van der Waals surface area contributed by atoms with Crippen LogP contribution in [0.2, 0.25) is 0 Å². The van der Waals surface area contributed by atoms with E-state index >= 15 is 0 Å².